The van der Waals surface area contributed by atoms with E-state index < -0.39 is 43.2 Å². The maximum absolute atomic E-state index is 14.2. The van der Waals surface area contributed by atoms with E-state index in [1.807, 2.05) is 0 Å². The number of hydrogen-bond acceptors (Lipinski definition) is 6. The van der Waals surface area contributed by atoms with Gasteiger partial charge in [-0.15, -0.1) is 0 Å². The molecule has 1 N–H and O–H groups in total. The molecule has 40 heavy (non-hydrogen) atoms. The summed E-state index contributed by atoms with van der Waals surface area (Å²) in [6, 6.07) is 15.7. The maximum atomic E-state index is 14.2. The van der Waals surface area contributed by atoms with E-state index >= 15 is 0 Å². The average Bonchev–Trinajstić information content (AvgIpc) is 3.31. The number of halogens is 2. The van der Waals surface area contributed by atoms with Crippen LogP contribution < -0.4 is 4.74 Å². The minimum absolute atomic E-state index is 0.00541. The van der Waals surface area contributed by atoms with Crippen molar-refractivity contribution >= 4 is 27.9 Å². The van der Waals surface area contributed by atoms with Crippen molar-refractivity contribution in [3.05, 3.63) is 116 Å². The number of fused-ring (bicyclic) bond motifs is 1. The molecule has 3 aromatic carbocycles. The number of benzene rings is 3. The quantitative estimate of drug-likeness (QED) is 0.161. The molecule has 1 atom stereocenters. The van der Waals surface area contributed by atoms with E-state index in [1.54, 1.807) is 41.1 Å². The summed E-state index contributed by atoms with van der Waals surface area (Å²) in [5.41, 5.74) is 1.21. The number of nitro benzene ring substituents is 1. The van der Waals surface area contributed by atoms with Gasteiger partial charge >= 0.3 is 0 Å². The molecule has 0 saturated heterocycles. The summed E-state index contributed by atoms with van der Waals surface area (Å²) in [5, 5.41) is 11.6. The number of H-pyrrole nitrogens is 1. The molecule has 0 amide bonds. The minimum atomic E-state index is -4.29. The largest absolute Gasteiger partial charge is 0.488 e. The van der Waals surface area contributed by atoms with Crippen molar-refractivity contribution in [1.29, 1.82) is 0 Å². The van der Waals surface area contributed by atoms with Crippen LogP contribution in [-0.4, -0.2) is 40.3 Å². The Labute approximate surface area is 233 Å². The van der Waals surface area contributed by atoms with Gasteiger partial charge < -0.3 is 14.3 Å². The number of hydrogen-bond donors (Lipinski definition) is 1. The lowest BCUT2D eigenvalue weighted by Gasteiger charge is -2.28. The summed E-state index contributed by atoms with van der Waals surface area (Å²) in [6.45, 7) is 0.0408. The Balaban J connectivity index is 1.45. The van der Waals surface area contributed by atoms with Crippen LogP contribution in [0.3, 0.4) is 0 Å². The first kappa shape index (κ1) is 27.6. The van der Waals surface area contributed by atoms with Gasteiger partial charge in [-0.1, -0.05) is 42.5 Å². The van der Waals surface area contributed by atoms with E-state index in [4.69, 9.17) is 17.0 Å². The van der Waals surface area contributed by atoms with Gasteiger partial charge in [0.25, 0.3) is 5.69 Å². The third kappa shape index (κ3) is 5.53. The Morgan fingerprint density at radius 2 is 1.85 bits per heavy atom. The zero-order chi connectivity index (χ0) is 28.4. The monoisotopic (exact) mass is 586 g/mol. The van der Waals surface area contributed by atoms with Crippen LogP contribution >= 0.6 is 12.2 Å². The fourth-order valence-electron chi connectivity index (χ4n) is 4.87. The molecular formula is C27H24F2N4O5S2. The highest BCUT2D eigenvalue weighted by Crippen LogP contribution is 2.34. The van der Waals surface area contributed by atoms with Crippen molar-refractivity contribution in [3.63, 3.8) is 0 Å². The summed E-state index contributed by atoms with van der Waals surface area (Å²) in [6.07, 6.45) is 2.11. The van der Waals surface area contributed by atoms with E-state index in [9.17, 15) is 27.3 Å². The van der Waals surface area contributed by atoms with Gasteiger partial charge in [-0.3, -0.25) is 10.1 Å². The van der Waals surface area contributed by atoms with Gasteiger partial charge in [-0.05, 0) is 29.9 Å². The second-order valence-electron chi connectivity index (χ2n) is 9.30. The van der Waals surface area contributed by atoms with Crippen LogP contribution in [0.1, 0.15) is 22.9 Å². The van der Waals surface area contributed by atoms with Gasteiger partial charge in [0.05, 0.1) is 11.0 Å². The maximum Gasteiger partial charge on any atom is 0.289 e. The van der Waals surface area contributed by atoms with Gasteiger partial charge in [-0.25, -0.2) is 17.2 Å². The third-order valence-electron chi connectivity index (χ3n) is 6.72. The van der Waals surface area contributed by atoms with Crippen molar-refractivity contribution in [3.8, 4) is 5.75 Å². The number of nitrogens with zero attached hydrogens (tertiary/aromatic N) is 3. The molecule has 1 aromatic heterocycles. The highest BCUT2D eigenvalue weighted by Gasteiger charge is 2.32. The number of sulfonamides is 1. The highest BCUT2D eigenvalue weighted by molar-refractivity contribution is 7.89. The molecule has 1 unspecified atom stereocenters. The predicted molar refractivity (Wildman–Crippen MR) is 145 cm³/mol. The summed E-state index contributed by atoms with van der Waals surface area (Å²) in [5.74, 6) is -1.48. The first-order chi connectivity index (χ1) is 19.1. The molecule has 13 heteroatoms. The minimum Gasteiger partial charge on any atom is -0.488 e. The van der Waals surface area contributed by atoms with Crippen LogP contribution in [0, 0.1) is 26.5 Å². The molecule has 9 nitrogen and oxygen atoms in total. The Morgan fingerprint density at radius 3 is 2.60 bits per heavy atom. The molecular weight excluding hydrogens is 562 g/mol. The van der Waals surface area contributed by atoms with Crippen LogP contribution in [-0.2, 0) is 29.4 Å². The van der Waals surface area contributed by atoms with E-state index in [0.717, 1.165) is 12.1 Å². The summed E-state index contributed by atoms with van der Waals surface area (Å²) in [7, 11) is -4.29. The van der Waals surface area contributed by atoms with Crippen LogP contribution in [0.5, 0.6) is 5.75 Å². The van der Waals surface area contributed by atoms with E-state index in [1.165, 1.54) is 28.6 Å². The van der Waals surface area contributed by atoms with Gasteiger partial charge in [0.15, 0.2) is 21.2 Å². The number of rotatable bonds is 9. The summed E-state index contributed by atoms with van der Waals surface area (Å²) in [4.78, 5) is 13.5. The van der Waals surface area contributed by atoms with Gasteiger partial charge in [0.1, 0.15) is 12.4 Å². The fourth-order valence-corrected chi connectivity index (χ4v) is 6.78. The molecule has 0 saturated carbocycles. The number of ether oxygens (including phenoxy) is 1. The second kappa shape index (κ2) is 11.3. The zero-order valence-corrected chi connectivity index (χ0v) is 22.6. The van der Waals surface area contributed by atoms with Crippen molar-refractivity contribution in [1.82, 2.24) is 13.9 Å². The predicted octanol–water partition coefficient (Wildman–Crippen LogP) is 5.34. The SMILES string of the molecule is O=[N+]([O-])c1ccccc1S(=O)(=O)N(CCc1c[nH]c(=S)n1C1COc2c(F)cc(F)cc2C1)Cc1ccccc1. The summed E-state index contributed by atoms with van der Waals surface area (Å²) >= 11 is 5.48. The Bertz CT molecular complexity index is 1720. The standard InChI is InChI=1S/C27H24F2N4O5S2/c28-20-12-19-13-22(17-38-26(19)23(29)14-20)32-21(15-30-27(32)39)10-11-31(16-18-6-2-1-3-7-18)40(36,37)25-9-5-4-8-24(25)33(34)35/h1-9,12,14-15,22H,10-11,13,16-17H2,(H,30,39). The molecule has 0 radical (unpaired) electrons. The molecule has 0 spiro atoms. The zero-order valence-electron chi connectivity index (χ0n) is 21.0. The Hall–Kier alpha value is -3.94. The van der Waals surface area contributed by atoms with Crippen molar-refractivity contribution in [2.24, 2.45) is 0 Å². The van der Waals surface area contributed by atoms with Crippen molar-refractivity contribution in [2.45, 2.75) is 30.3 Å². The van der Waals surface area contributed by atoms with Gasteiger partial charge in [-0.2, -0.15) is 4.31 Å². The fraction of sp³-hybridized carbons (Fsp3) is 0.222. The van der Waals surface area contributed by atoms with Crippen molar-refractivity contribution in [2.75, 3.05) is 13.2 Å². The van der Waals surface area contributed by atoms with Crippen LogP contribution in [0.2, 0.25) is 0 Å². The van der Waals surface area contributed by atoms with Gasteiger partial charge in [0, 0.05) is 55.5 Å². The van der Waals surface area contributed by atoms with Crippen LogP contribution in [0.25, 0.3) is 0 Å². The molecule has 4 aromatic rings. The number of nitro groups is 1. The Morgan fingerprint density at radius 1 is 1.12 bits per heavy atom. The third-order valence-corrected chi connectivity index (χ3v) is 8.92. The summed E-state index contributed by atoms with van der Waals surface area (Å²) < 4.78 is 64.5. The number of aromatic nitrogens is 2. The molecule has 0 aliphatic carbocycles. The topological polar surface area (TPSA) is 110 Å². The normalized spacial score (nSPS) is 15.0. The first-order valence-electron chi connectivity index (χ1n) is 12.3. The molecule has 5 rings (SSSR count). The van der Waals surface area contributed by atoms with Crippen LogP contribution in [0.4, 0.5) is 14.5 Å². The van der Waals surface area contributed by atoms with E-state index in [0.29, 0.717) is 21.6 Å². The lowest BCUT2D eigenvalue weighted by Crippen LogP contribution is -2.34. The number of nitrogens with one attached hydrogen (secondary N) is 1. The molecule has 0 bridgehead atoms. The number of para-hydroxylation sites is 1. The van der Waals surface area contributed by atoms with E-state index in [-0.39, 0.29) is 38.3 Å². The lowest BCUT2D eigenvalue weighted by molar-refractivity contribution is -0.387. The molecule has 208 valence electrons. The van der Waals surface area contributed by atoms with Crippen molar-refractivity contribution < 1.29 is 26.9 Å². The first-order valence-corrected chi connectivity index (χ1v) is 14.2. The average molecular weight is 587 g/mol. The molecule has 1 aliphatic rings. The highest BCUT2D eigenvalue weighted by atomic mass is 32.2. The lowest BCUT2D eigenvalue weighted by atomic mass is 10.0. The van der Waals surface area contributed by atoms with Gasteiger partial charge in [0.2, 0.25) is 10.0 Å². The smallest absolute Gasteiger partial charge is 0.289 e. The second-order valence-corrected chi connectivity index (χ2v) is 11.6. The molecule has 1 aliphatic heterocycles. The van der Waals surface area contributed by atoms with E-state index in [2.05, 4.69) is 4.98 Å². The molecule has 0 fully saturated rings. The Kier molecular flexibility index (Phi) is 7.79. The molecule has 2 heterocycles. The number of aromatic amines is 1. The number of imidazole rings is 1. The van der Waals surface area contributed by atoms with Crippen LogP contribution in [0.15, 0.2) is 77.8 Å².